The van der Waals surface area contributed by atoms with E-state index < -0.39 is 5.60 Å². The number of unbranched alkanes of at least 4 members (excludes halogenated alkanes) is 2. The molecule has 1 heterocycles. The summed E-state index contributed by atoms with van der Waals surface area (Å²) in [6.45, 7) is 14.7. The maximum absolute atomic E-state index is 12.2. The van der Waals surface area contributed by atoms with Crippen LogP contribution in [0.1, 0.15) is 124 Å². The van der Waals surface area contributed by atoms with E-state index in [2.05, 4.69) is 37.9 Å². The molecule has 0 aliphatic carbocycles. The average Bonchev–Trinajstić information content (AvgIpc) is 2.74. The summed E-state index contributed by atoms with van der Waals surface area (Å²) in [6, 6.07) is 4.34. The molecule has 2 N–H and O–H groups in total. The number of carbonyl (C=O) groups excluding carboxylic acids is 1. The molecule has 0 aliphatic heterocycles. The van der Waals surface area contributed by atoms with E-state index in [0.29, 0.717) is 0 Å². The van der Waals surface area contributed by atoms with Crippen LogP contribution in [0.15, 0.2) is 12.1 Å². The van der Waals surface area contributed by atoms with Gasteiger partial charge in [-0.1, -0.05) is 78.7 Å². The second-order valence-electron chi connectivity index (χ2n) is 11.1. The van der Waals surface area contributed by atoms with Crippen LogP contribution in [0, 0.1) is 17.8 Å². The standard InChI is InChI=1S/C29H52N2O2/c1-8-10-17-25-20-21-26(31-27(25)30)19-12-11-15-22(3)24(14-9-2)18-13-16-23(4)28(32)33-29(5,6)7/h20-24H,8-19H2,1-7H3,(H2,30,31). The first-order valence-corrected chi connectivity index (χ1v) is 13.5. The highest BCUT2D eigenvalue weighted by Crippen LogP contribution is 2.29. The minimum atomic E-state index is -0.400. The molecule has 0 amide bonds. The van der Waals surface area contributed by atoms with Crippen molar-refractivity contribution in [3.8, 4) is 0 Å². The van der Waals surface area contributed by atoms with Crippen LogP contribution in [0.25, 0.3) is 0 Å². The van der Waals surface area contributed by atoms with E-state index in [1.165, 1.54) is 56.9 Å². The van der Waals surface area contributed by atoms with E-state index in [9.17, 15) is 4.79 Å². The highest BCUT2D eigenvalue weighted by molar-refractivity contribution is 5.72. The lowest BCUT2D eigenvalue weighted by molar-refractivity contribution is -0.159. The molecule has 1 aromatic rings. The van der Waals surface area contributed by atoms with Gasteiger partial charge in [-0.15, -0.1) is 0 Å². The second kappa shape index (κ2) is 15.3. The van der Waals surface area contributed by atoms with Gasteiger partial charge in [0.2, 0.25) is 0 Å². The van der Waals surface area contributed by atoms with Crippen LogP contribution in [-0.2, 0) is 22.4 Å². The Morgan fingerprint density at radius 3 is 2.27 bits per heavy atom. The Kier molecular flexibility index (Phi) is 13.7. The minimum absolute atomic E-state index is 0.0184. The number of nitrogen functional groups attached to an aromatic ring is 1. The third kappa shape index (κ3) is 12.5. The molecule has 3 atom stereocenters. The van der Waals surface area contributed by atoms with Crippen molar-refractivity contribution in [1.29, 1.82) is 0 Å². The van der Waals surface area contributed by atoms with Gasteiger partial charge < -0.3 is 10.5 Å². The molecule has 1 aromatic heterocycles. The summed E-state index contributed by atoms with van der Waals surface area (Å²) in [6.07, 6.45) is 13.8. The molecule has 0 aromatic carbocycles. The van der Waals surface area contributed by atoms with Gasteiger partial charge >= 0.3 is 5.97 Å². The second-order valence-corrected chi connectivity index (χ2v) is 11.1. The number of aryl methyl sites for hydroxylation is 2. The van der Waals surface area contributed by atoms with Gasteiger partial charge in [-0.05, 0) is 76.3 Å². The summed E-state index contributed by atoms with van der Waals surface area (Å²) in [4.78, 5) is 16.9. The average molecular weight is 461 g/mol. The van der Waals surface area contributed by atoms with Gasteiger partial charge in [0.25, 0.3) is 0 Å². The van der Waals surface area contributed by atoms with Gasteiger partial charge in [0, 0.05) is 5.69 Å². The summed E-state index contributed by atoms with van der Waals surface area (Å²) < 4.78 is 5.53. The number of aromatic nitrogens is 1. The molecule has 1 rings (SSSR count). The van der Waals surface area contributed by atoms with E-state index in [-0.39, 0.29) is 11.9 Å². The predicted octanol–water partition coefficient (Wildman–Crippen LogP) is 7.92. The number of nitrogens with zero attached hydrogens (tertiary/aromatic N) is 1. The number of ether oxygens (including phenoxy) is 1. The van der Waals surface area contributed by atoms with Crippen LogP contribution in [0.2, 0.25) is 0 Å². The summed E-state index contributed by atoms with van der Waals surface area (Å²) in [5.41, 5.74) is 8.08. The van der Waals surface area contributed by atoms with Crippen molar-refractivity contribution in [2.75, 3.05) is 5.73 Å². The molecule has 0 saturated carbocycles. The quantitative estimate of drug-likeness (QED) is 0.201. The first kappa shape index (κ1) is 29.5. The molecule has 190 valence electrons. The summed E-state index contributed by atoms with van der Waals surface area (Å²) in [5, 5.41) is 0. The van der Waals surface area contributed by atoms with Gasteiger partial charge in [0.15, 0.2) is 0 Å². The number of hydrogen-bond donors (Lipinski definition) is 1. The van der Waals surface area contributed by atoms with Crippen molar-refractivity contribution in [1.82, 2.24) is 4.98 Å². The zero-order valence-corrected chi connectivity index (χ0v) is 22.7. The Bertz CT molecular complexity index is 681. The number of nitrogens with two attached hydrogens (primary N) is 1. The molecule has 0 aliphatic rings. The van der Waals surface area contributed by atoms with Gasteiger partial charge in [0.05, 0.1) is 5.92 Å². The molecular formula is C29H52N2O2. The smallest absolute Gasteiger partial charge is 0.309 e. The largest absolute Gasteiger partial charge is 0.460 e. The van der Waals surface area contributed by atoms with E-state index in [1.807, 2.05) is 27.7 Å². The molecule has 0 fully saturated rings. The van der Waals surface area contributed by atoms with Crippen molar-refractivity contribution in [2.45, 2.75) is 131 Å². The maximum atomic E-state index is 12.2. The lowest BCUT2D eigenvalue weighted by atomic mass is 9.82. The van der Waals surface area contributed by atoms with Crippen LogP contribution in [0.4, 0.5) is 5.82 Å². The van der Waals surface area contributed by atoms with E-state index in [4.69, 9.17) is 10.5 Å². The first-order valence-electron chi connectivity index (χ1n) is 13.5. The van der Waals surface area contributed by atoms with Crippen molar-refractivity contribution < 1.29 is 9.53 Å². The van der Waals surface area contributed by atoms with Crippen LogP contribution >= 0.6 is 0 Å². The first-order chi connectivity index (χ1) is 15.6. The van der Waals surface area contributed by atoms with Gasteiger partial charge in [-0.3, -0.25) is 4.79 Å². The van der Waals surface area contributed by atoms with E-state index in [0.717, 1.165) is 49.0 Å². The Hall–Kier alpha value is -1.58. The molecule has 0 saturated heterocycles. The number of carbonyl (C=O) groups is 1. The van der Waals surface area contributed by atoms with Gasteiger partial charge in [-0.25, -0.2) is 4.98 Å². The molecule has 0 bridgehead atoms. The van der Waals surface area contributed by atoms with Crippen molar-refractivity contribution >= 4 is 11.8 Å². The maximum Gasteiger partial charge on any atom is 0.309 e. The van der Waals surface area contributed by atoms with E-state index in [1.54, 1.807) is 0 Å². The molecule has 0 spiro atoms. The van der Waals surface area contributed by atoms with Crippen LogP contribution in [-0.4, -0.2) is 16.6 Å². The lowest BCUT2D eigenvalue weighted by Gasteiger charge is -2.25. The number of pyridine rings is 1. The third-order valence-electron chi connectivity index (χ3n) is 6.70. The normalized spacial score (nSPS) is 14.6. The molecular weight excluding hydrogens is 408 g/mol. The van der Waals surface area contributed by atoms with Crippen LogP contribution < -0.4 is 5.73 Å². The number of esters is 1. The number of rotatable bonds is 16. The summed E-state index contributed by atoms with van der Waals surface area (Å²) >= 11 is 0. The minimum Gasteiger partial charge on any atom is -0.460 e. The third-order valence-corrected chi connectivity index (χ3v) is 6.70. The molecule has 3 unspecified atom stereocenters. The highest BCUT2D eigenvalue weighted by atomic mass is 16.6. The Morgan fingerprint density at radius 1 is 0.939 bits per heavy atom. The van der Waals surface area contributed by atoms with Gasteiger partial charge in [0.1, 0.15) is 11.4 Å². The van der Waals surface area contributed by atoms with Crippen LogP contribution in [0.5, 0.6) is 0 Å². The zero-order valence-electron chi connectivity index (χ0n) is 22.7. The zero-order chi connectivity index (χ0) is 24.9. The van der Waals surface area contributed by atoms with E-state index >= 15 is 0 Å². The SMILES string of the molecule is CCCCc1ccc(CCCCC(C)C(CCC)CCCC(C)C(=O)OC(C)(C)C)nc1N. The number of hydrogen-bond acceptors (Lipinski definition) is 4. The Morgan fingerprint density at radius 2 is 1.67 bits per heavy atom. The monoisotopic (exact) mass is 460 g/mol. The van der Waals surface area contributed by atoms with Gasteiger partial charge in [-0.2, -0.15) is 0 Å². The molecule has 4 heteroatoms. The molecule has 4 nitrogen and oxygen atoms in total. The fraction of sp³-hybridized carbons (Fsp3) is 0.793. The van der Waals surface area contributed by atoms with Crippen LogP contribution in [0.3, 0.4) is 0 Å². The fourth-order valence-electron chi connectivity index (χ4n) is 4.56. The highest BCUT2D eigenvalue weighted by Gasteiger charge is 2.22. The summed E-state index contributed by atoms with van der Waals surface area (Å²) in [5.74, 6) is 2.10. The van der Waals surface area contributed by atoms with Crippen molar-refractivity contribution in [3.63, 3.8) is 0 Å². The predicted molar refractivity (Wildman–Crippen MR) is 141 cm³/mol. The topological polar surface area (TPSA) is 65.2 Å². The fourth-order valence-corrected chi connectivity index (χ4v) is 4.56. The lowest BCUT2D eigenvalue weighted by Crippen LogP contribution is -2.27. The Labute approximate surface area is 204 Å². The number of anilines is 1. The summed E-state index contributed by atoms with van der Waals surface area (Å²) in [7, 11) is 0. The van der Waals surface area contributed by atoms with Crippen molar-refractivity contribution in [3.05, 3.63) is 23.4 Å². The molecule has 33 heavy (non-hydrogen) atoms. The molecule has 0 radical (unpaired) electrons. The Balaban J connectivity index is 2.38. The van der Waals surface area contributed by atoms with Crippen molar-refractivity contribution in [2.24, 2.45) is 17.8 Å².